The van der Waals surface area contributed by atoms with Crippen molar-refractivity contribution in [3.8, 4) is 0 Å². The number of amides is 1. The Bertz CT molecular complexity index is 709. The molecule has 2 saturated heterocycles. The van der Waals surface area contributed by atoms with E-state index in [1.165, 1.54) is 18.4 Å². The van der Waals surface area contributed by atoms with Gasteiger partial charge in [0.05, 0.1) is 6.10 Å². The number of ether oxygens (including phenoxy) is 1. The van der Waals surface area contributed by atoms with Gasteiger partial charge in [-0.1, -0.05) is 0 Å². The second-order valence-corrected chi connectivity index (χ2v) is 8.90. The van der Waals surface area contributed by atoms with Gasteiger partial charge in [0.25, 0.3) is 0 Å². The van der Waals surface area contributed by atoms with Crippen molar-refractivity contribution in [2.45, 2.75) is 44.5 Å². The van der Waals surface area contributed by atoms with Crippen LogP contribution in [0.2, 0.25) is 0 Å². The van der Waals surface area contributed by atoms with Crippen molar-refractivity contribution in [1.82, 2.24) is 10.2 Å². The minimum atomic E-state index is -5.08. The van der Waals surface area contributed by atoms with Gasteiger partial charge in [0.2, 0.25) is 5.91 Å². The van der Waals surface area contributed by atoms with Crippen LogP contribution in [0.3, 0.4) is 0 Å². The SMILES string of the molecule is O=C(NCC1CC1)[C@@H]1CCO[C@@H]2CCN(Cc3ccsc3)C[C@H]21.O=C(O)C(F)(F)F. The molecule has 1 aliphatic carbocycles. The van der Waals surface area contributed by atoms with Crippen LogP contribution in [-0.2, 0) is 20.9 Å². The molecule has 1 amide bonds. The van der Waals surface area contributed by atoms with Crippen LogP contribution in [0.5, 0.6) is 0 Å². The minimum Gasteiger partial charge on any atom is -0.475 e. The number of carbonyl (C=O) groups excluding carboxylic acids is 1. The van der Waals surface area contributed by atoms with Crippen LogP contribution >= 0.6 is 11.3 Å². The molecule has 1 aromatic rings. The van der Waals surface area contributed by atoms with Crippen LogP contribution in [0.25, 0.3) is 0 Å². The van der Waals surface area contributed by atoms with Crippen LogP contribution < -0.4 is 5.32 Å². The lowest BCUT2D eigenvalue weighted by Gasteiger charge is -2.44. The summed E-state index contributed by atoms with van der Waals surface area (Å²) in [5.41, 5.74) is 1.39. The molecule has 4 rings (SSSR count). The fourth-order valence-electron chi connectivity index (χ4n) is 3.99. The first-order valence-electron chi connectivity index (χ1n) is 10.2. The summed E-state index contributed by atoms with van der Waals surface area (Å²) in [6, 6.07) is 2.20. The summed E-state index contributed by atoms with van der Waals surface area (Å²) in [6.07, 6.45) is -0.298. The van der Waals surface area contributed by atoms with E-state index in [0.717, 1.165) is 51.5 Å². The lowest BCUT2D eigenvalue weighted by Crippen LogP contribution is -2.53. The second-order valence-electron chi connectivity index (χ2n) is 8.12. The average molecular weight is 449 g/mol. The van der Waals surface area contributed by atoms with Crippen molar-refractivity contribution in [3.63, 3.8) is 0 Å². The molecule has 3 fully saturated rings. The Morgan fingerprint density at radius 2 is 2.00 bits per heavy atom. The first kappa shape index (κ1) is 23.0. The number of likely N-dealkylation sites (tertiary alicyclic amines) is 1. The Kier molecular flexibility index (Phi) is 7.75. The summed E-state index contributed by atoms with van der Waals surface area (Å²) in [7, 11) is 0. The van der Waals surface area contributed by atoms with Crippen LogP contribution in [0.15, 0.2) is 16.8 Å². The van der Waals surface area contributed by atoms with Crippen LogP contribution in [0, 0.1) is 17.8 Å². The maximum absolute atomic E-state index is 12.6. The topological polar surface area (TPSA) is 78.9 Å². The van der Waals surface area contributed by atoms with E-state index in [1.54, 1.807) is 11.3 Å². The number of alkyl halides is 3. The fraction of sp³-hybridized carbons (Fsp3) is 0.700. The Labute approximate surface area is 177 Å². The van der Waals surface area contributed by atoms with Crippen LogP contribution in [-0.4, -0.2) is 60.4 Å². The van der Waals surface area contributed by atoms with Crippen molar-refractivity contribution in [1.29, 1.82) is 0 Å². The van der Waals surface area contributed by atoms with Crippen molar-refractivity contribution < 1.29 is 32.6 Å². The molecule has 1 aromatic heterocycles. The Balaban J connectivity index is 0.000000318. The molecule has 0 radical (unpaired) electrons. The van der Waals surface area contributed by atoms with Gasteiger partial charge in [-0.05, 0) is 54.0 Å². The number of hydrogen-bond donors (Lipinski definition) is 2. The third-order valence-corrected chi connectivity index (χ3v) is 6.51. The Morgan fingerprint density at radius 1 is 1.27 bits per heavy atom. The number of thiophene rings is 1. The molecule has 0 spiro atoms. The fourth-order valence-corrected chi connectivity index (χ4v) is 4.65. The van der Waals surface area contributed by atoms with Crippen LogP contribution in [0.4, 0.5) is 13.2 Å². The van der Waals surface area contributed by atoms with Crippen molar-refractivity contribution >= 4 is 23.2 Å². The van der Waals surface area contributed by atoms with Gasteiger partial charge in [-0.15, -0.1) is 0 Å². The van der Waals surface area contributed by atoms with Crippen molar-refractivity contribution in [3.05, 3.63) is 22.4 Å². The van der Waals surface area contributed by atoms with E-state index in [-0.39, 0.29) is 17.9 Å². The molecular weight excluding hydrogens is 421 g/mol. The maximum atomic E-state index is 12.6. The average Bonchev–Trinajstić information content (AvgIpc) is 3.40. The number of carboxylic acid groups (broad SMARTS) is 1. The number of fused-ring (bicyclic) bond motifs is 1. The predicted octanol–water partition coefficient (Wildman–Crippen LogP) is 3.13. The van der Waals surface area contributed by atoms with Gasteiger partial charge in [-0.2, -0.15) is 24.5 Å². The highest BCUT2D eigenvalue weighted by Gasteiger charge is 2.42. The molecule has 3 atom stereocenters. The first-order chi connectivity index (χ1) is 14.2. The summed E-state index contributed by atoms with van der Waals surface area (Å²) in [4.78, 5) is 24.0. The lowest BCUT2D eigenvalue weighted by atomic mass is 9.79. The van der Waals surface area contributed by atoms with Crippen molar-refractivity contribution in [2.24, 2.45) is 17.8 Å². The molecule has 0 unspecified atom stereocenters. The summed E-state index contributed by atoms with van der Waals surface area (Å²) >= 11 is 1.76. The number of rotatable bonds is 5. The van der Waals surface area contributed by atoms with E-state index < -0.39 is 12.1 Å². The third kappa shape index (κ3) is 6.68. The summed E-state index contributed by atoms with van der Waals surface area (Å²) in [5.74, 6) is -1.25. The van der Waals surface area contributed by atoms with Crippen molar-refractivity contribution in [2.75, 3.05) is 26.2 Å². The summed E-state index contributed by atoms with van der Waals surface area (Å²) < 4.78 is 37.7. The highest BCUT2D eigenvalue weighted by molar-refractivity contribution is 7.07. The Hall–Kier alpha value is -1.65. The molecule has 30 heavy (non-hydrogen) atoms. The lowest BCUT2D eigenvalue weighted by molar-refractivity contribution is -0.192. The number of carboxylic acids is 1. The number of halogens is 3. The van der Waals surface area contributed by atoms with E-state index in [0.29, 0.717) is 5.92 Å². The number of nitrogens with one attached hydrogen (secondary N) is 1. The van der Waals surface area contributed by atoms with Gasteiger partial charge in [-0.3, -0.25) is 9.69 Å². The molecule has 3 aliphatic rings. The highest BCUT2D eigenvalue weighted by Crippen LogP contribution is 2.34. The first-order valence-corrected chi connectivity index (χ1v) is 11.1. The molecule has 168 valence electrons. The summed E-state index contributed by atoms with van der Waals surface area (Å²) in [6.45, 7) is 4.69. The quantitative estimate of drug-likeness (QED) is 0.724. The van der Waals surface area contributed by atoms with Crippen LogP contribution in [0.1, 0.15) is 31.2 Å². The summed E-state index contributed by atoms with van der Waals surface area (Å²) in [5, 5.41) is 14.7. The van der Waals surface area contributed by atoms with Gasteiger partial charge >= 0.3 is 12.1 Å². The number of nitrogens with zero attached hydrogens (tertiary/aromatic N) is 1. The molecule has 3 heterocycles. The number of aliphatic carboxylic acids is 1. The van der Waals surface area contributed by atoms with Gasteiger partial charge in [0.1, 0.15) is 0 Å². The maximum Gasteiger partial charge on any atom is 0.490 e. The number of hydrogen-bond acceptors (Lipinski definition) is 5. The smallest absolute Gasteiger partial charge is 0.475 e. The van der Waals surface area contributed by atoms with E-state index in [4.69, 9.17) is 14.6 Å². The van der Waals surface area contributed by atoms with Gasteiger partial charge in [0.15, 0.2) is 0 Å². The number of carbonyl (C=O) groups is 2. The van der Waals surface area contributed by atoms with Gasteiger partial charge in [0, 0.05) is 44.6 Å². The van der Waals surface area contributed by atoms with E-state index >= 15 is 0 Å². The minimum absolute atomic E-state index is 0.137. The molecule has 2 N–H and O–H groups in total. The zero-order chi connectivity index (χ0) is 21.7. The molecular formula is C20H27F3N2O4S. The normalized spacial score (nSPS) is 26.8. The second kappa shape index (κ2) is 10.1. The molecule has 1 saturated carbocycles. The highest BCUT2D eigenvalue weighted by atomic mass is 32.1. The zero-order valence-electron chi connectivity index (χ0n) is 16.6. The molecule has 0 bridgehead atoms. The van der Waals surface area contributed by atoms with Gasteiger partial charge < -0.3 is 15.2 Å². The predicted molar refractivity (Wildman–Crippen MR) is 105 cm³/mol. The van der Waals surface area contributed by atoms with E-state index in [9.17, 15) is 18.0 Å². The molecule has 0 aromatic carbocycles. The third-order valence-electron chi connectivity index (χ3n) is 5.78. The molecule has 6 nitrogen and oxygen atoms in total. The number of piperidine rings is 1. The standard InChI is InChI=1S/C18H26N2O2S.C2HF3O2/c21-18(19-9-13-1-2-13)15-4-7-22-17-3-6-20(11-16(15)17)10-14-5-8-23-12-14;3-2(4,5)1(6)7/h5,8,12-13,15-17H,1-4,6-7,9-11H2,(H,19,21);(H,6,7)/t15-,16+,17-;/m1./s1. The van der Waals surface area contributed by atoms with E-state index in [2.05, 4.69) is 27.0 Å². The Morgan fingerprint density at radius 3 is 2.60 bits per heavy atom. The molecule has 2 aliphatic heterocycles. The van der Waals surface area contributed by atoms with Gasteiger partial charge in [-0.25, -0.2) is 4.79 Å². The zero-order valence-corrected chi connectivity index (χ0v) is 17.4. The van der Waals surface area contributed by atoms with E-state index in [1.807, 2.05) is 0 Å². The largest absolute Gasteiger partial charge is 0.490 e. The molecule has 10 heteroatoms. The monoisotopic (exact) mass is 448 g/mol.